The van der Waals surface area contributed by atoms with Gasteiger partial charge in [0.05, 0.1) is 13.2 Å². The van der Waals surface area contributed by atoms with E-state index in [-0.39, 0.29) is 29.6 Å². The van der Waals surface area contributed by atoms with Gasteiger partial charge in [-0.2, -0.15) is 0 Å². The molecule has 5 heteroatoms. The van der Waals surface area contributed by atoms with Crippen LogP contribution in [-0.4, -0.2) is 18.9 Å². The molecule has 18 heavy (non-hydrogen) atoms. The molecule has 1 amide bonds. The van der Waals surface area contributed by atoms with Gasteiger partial charge in [0.15, 0.2) is 0 Å². The van der Waals surface area contributed by atoms with Crippen LogP contribution in [0.15, 0.2) is 18.2 Å². The first kappa shape index (κ1) is 14.8. The van der Waals surface area contributed by atoms with Crippen molar-refractivity contribution in [3.05, 3.63) is 29.6 Å². The smallest absolute Gasteiger partial charge is 0.224 e. The van der Waals surface area contributed by atoms with Crippen molar-refractivity contribution in [2.24, 2.45) is 5.92 Å². The van der Waals surface area contributed by atoms with Crippen molar-refractivity contribution in [3.8, 4) is 5.75 Å². The van der Waals surface area contributed by atoms with Crippen LogP contribution in [0.1, 0.15) is 25.5 Å². The fraction of sp³-hybridized carbons (Fsp3) is 0.462. The van der Waals surface area contributed by atoms with Gasteiger partial charge in [-0.25, -0.2) is 4.39 Å². The van der Waals surface area contributed by atoms with Crippen LogP contribution in [0.25, 0.3) is 0 Å². The zero-order chi connectivity index (χ0) is 13.7. The highest BCUT2D eigenvalue weighted by atomic mass is 35.5. The van der Waals surface area contributed by atoms with Crippen molar-refractivity contribution in [3.63, 3.8) is 0 Å². The van der Waals surface area contributed by atoms with Gasteiger partial charge in [-0.1, -0.05) is 6.92 Å². The second-order valence-corrected chi connectivity index (χ2v) is 4.48. The lowest BCUT2D eigenvalue weighted by Crippen LogP contribution is -2.32. The first-order chi connectivity index (χ1) is 8.49. The van der Waals surface area contributed by atoms with Crippen LogP contribution < -0.4 is 10.1 Å². The van der Waals surface area contributed by atoms with Crippen LogP contribution in [0.4, 0.5) is 4.39 Å². The third kappa shape index (κ3) is 3.60. The average molecular weight is 274 g/mol. The van der Waals surface area contributed by atoms with Crippen LogP contribution >= 0.6 is 11.6 Å². The van der Waals surface area contributed by atoms with Crippen LogP contribution in [0.2, 0.25) is 0 Å². The number of ether oxygens (including phenoxy) is 1. The summed E-state index contributed by atoms with van der Waals surface area (Å²) in [5, 5.41) is 2.78. The predicted molar refractivity (Wildman–Crippen MR) is 69.4 cm³/mol. The maximum Gasteiger partial charge on any atom is 0.224 e. The van der Waals surface area contributed by atoms with Gasteiger partial charge in [0.25, 0.3) is 0 Å². The van der Waals surface area contributed by atoms with Crippen LogP contribution in [0.5, 0.6) is 5.75 Å². The molecule has 0 aliphatic heterocycles. The van der Waals surface area contributed by atoms with E-state index in [2.05, 4.69) is 5.32 Å². The Morgan fingerprint density at radius 1 is 1.50 bits per heavy atom. The molecular weight excluding hydrogens is 257 g/mol. The summed E-state index contributed by atoms with van der Waals surface area (Å²) in [7, 11) is 1.51. The Hall–Kier alpha value is -1.29. The van der Waals surface area contributed by atoms with Gasteiger partial charge in [0.1, 0.15) is 11.6 Å². The third-order valence-corrected chi connectivity index (χ3v) is 3.16. The predicted octanol–water partition coefficient (Wildman–Crippen LogP) is 2.89. The maximum absolute atomic E-state index is 13.2. The molecule has 2 atom stereocenters. The van der Waals surface area contributed by atoms with E-state index in [0.29, 0.717) is 11.3 Å². The van der Waals surface area contributed by atoms with Crippen LogP contribution in [0.3, 0.4) is 0 Å². The summed E-state index contributed by atoms with van der Waals surface area (Å²) in [6, 6.07) is 3.87. The zero-order valence-electron chi connectivity index (χ0n) is 10.7. The number of methoxy groups -OCH3 is 1. The molecule has 0 saturated heterocycles. The van der Waals surface area contributed by atoms with E-state index in [0.717, 1.165) is 0 Å². The highest BCUT2D eigenvalue weighted by molar-refractivity contribution is 6.19. The van der Waals surface area contributed by atoms with E-state index in [9.17, 15) is 9.18 Å². The maximum atomic E-state index is 13.2. The van der Waals surface area contributed by atoms with E-state index in [1.807, 2.05) is 0 Å². The highest BCUT2D eigenvalue weighted by Gasteiger charge is 2.18. The first-order valence-electron chi connectivity index (χ1n) is 5.69. The fourth-order valence-electron chi connectivity index (χ4n) is 1.55. The van der Waals surface area contributed by atoms with Crippen molar-refractivity contribution in [2.75, 3.05) is 13.0 Å². The summed E-state index contributed by atoms with van der Waals surface area (Å²) in [5.41, 5.74) is 0.604. The van der Waals surface area contributed by atoms with E-state index in [1.54, 1.807) is 13.8 Å². The number of rotatable bonds is 5. The quantitative estimate of drug-likeness (QED) is 0.838. The molecule has 0 heterocycles. The summed E-state index contributed by atoms with van der Waals surface area (Å²) < 4.78 is 18.4. The Morgan fingerprint density at radius 2 is 2.17 bits per heavy atom. The van der Waals surface area contributed by atoms with Gasteiger partial charge in [-0.05, 0) is 25.1 Å². The lowest BCUT2D eigenvalue weighted by Gasteiger charge is -2.19. The van der Waals surface area contributed by atoms with Gasteiger partial charge >= 0.3 is 0 Å². The number of amides is 1. The molecular formula is C13H17ClFNO2. The fourth-order valence-corrected chi connectivity index (χ4v) is 1.69. The highest BCUT2D eigenvalue weighted by Crippen LogP contribution is 2.26. The van der Waals surface area contributed by atoms with Gasteiger partial charge in [-0.15, -0.1) is 11.6 Å². The number of benzene rings is 1. The summed E-state index contributed by atoms with van der Waals surface area (Å²) in [6.07, 6.45) is 0. The van der Waals surface area contributed by atoms with E-state index in [4.69, 9.17) is 16.3 Å². The first-order valence-corrected chi connectivity index (χ1v) is 6.22. The standard InChI is InChI=1S/C13H17ClFNO2/c1-8(7-14)13(17)16-9(2)11-6-10(15)4-5-12(11)18-3/h4-6,8-9H,7H2,1-3H3,(H,16,17). The Balaban J connectivity index is 2.86. The van der Waals surface area contributed by atoms with Crippen molar-refractivity contribution in [2.45, 2.75) is 19.9 Å². The Labute approximate surface area is 111 Å². The largest absolute Gasteiger partial charge is 0.496 e. The number of carbonyl (C=O) groups is 1. The number of carbonyl (C=O) groups excluding carboxylic acids is 1. The number of nitrogens with one attached hydrogen (secondary N) is 1. The van der Waals surface area contributed by atoms with Crippen LogP contribution in [0, 0.1) is 11.7 Å². The van der Waals surface area contributed by atoms with Crippen LogP contribution in [-0.2, 0) is 4.79 Å². The molecule has 0 saturated carbocycles. The molecule has 1 aromatic rings. The van der Waals surface area contributed by atoms with Gasteiger partial charge in [0, 0.05) is 17.4 Å². The Kier molecular flexibility index (Phi) is 5.41. The summed E-state index contributed by atoms with van der Waals surface area (Å²) in [5.74, 6) is -0.0174. The third-order valence-electron chi connectivity index (χ3n) is 2.70. The van der Waals surface area contributed by atoms with Crippen molar-refractivity contribution >= 4 is 17.5 Å². The second kappa shape index (κ2) is 6.59. The molecule has 0 radical (unpaired) electrons. The minimum absolute atomic E-state index is 0.163. The topological polar surface area (TPSA) is 38.3 Å². The van der Waals surface area contributed by atoms with Gasteiger partial charge in [-0.3, -0.25) is 4.79 Å². The number of alkyl halides is 1. The molecule has 0 aromatic heterocycles. The molecule has 0 bridgehead atoms. The summed E-state index contributed by atoms with van der Waals surface area (Å²) in [4.78, 5) is 11.7. The molecule has 1 aromatic carbocycles. The molecule has 1 rings (SSSR count). The SMILES string of the molecule is COc1ccc(F)cc1C(C)NC(=O)C(C)CCl. The van der Waals surface area contributed by atoms with Crippen molar-refractivity contribution in [1.82, 2.24) is 5.32 Å². The molecule has 0 aliphatic rings. The number of hydrogen-bond donors (Lipinski definition) is 1. The molecule has 2 unspecified atom stereocenters. The van der Waals surface area contributed by atoms with E-state index in [1.165, 1.54) is 25.3 Å². The summed E-state index contributed by atoms with van der Waals surface area (Å²) >= 11 is 5.61. The Bertz CT molecular complexity index is 425. The van der Waals surface area contributed by atoms with Crippen molar-refractivity contribution < 1.29 is 13.9 Å². The Morgan fingerprint density at radius 3 is 2.72 bits per heavy atom. The van der Waals surface area contributed by atoms with Crippen molar-refractivity contribution in [1.29, 1.82) is 0 Å². The summed E-state index contributed by atoms with van der Waals surface area (Å²) in [6.45, 7) is 3.51. The minimum Gasteiger partial charge on any atom is -0.496 e. The van der Waals surface area contributed by atoms with Gasteiger partial charge in [0.2, 0.25) is 5.91 Å². The lowest BCUT2D eigenvalue weighted by molar-refractivity contribution is -0.124. The van der Waals surface area contributed by atoms with E-state index < -0.39 is 0 Å². The van der Waals surface area contributed by atoms with E-state index >= 15 is 0 Å². The minimum atomic E-state index is -0.364. The molecule has 0 aliphatic carbocycles. The molecule has 1 N–H and O–H groups in total. The monoisotopic (exact) mass is 273 g/mol. The average Bonchev–Trinajstić information content (AvgIpc) is 2.37. The molecule has 0 spiro atoms. The second-order valence-electron chi connectivity index (χ2n) is 4.17. The lowest BCUT2D eigenvalue weighted by atomic mass is 10.1. The molecule has 0 fully saturated rings. The van der Waals surface area contributed by atoms with Gasteiger partial charge < -0.3 is 10.1 Å². The normalized spacial score (nSPS) is 13.8. The number of halogens is 2. The zero-order valence-corrected chi connectivity index (χ0v) is 11.4. The number of hydrogen-bond acceptors (Lipinski definition) is 2. The molecule has 100 valence electrons. The molecule has 3 nitrogen and oxygen atoms in total.